The van der Waals surface area contributed by atoms with Crippen molar-refractivity contribution in [3.05, 3.63) is 46.2 Å². The lowest BCUT2D eigenvalue weighted by atomic mass is 9.99. The topological polar surface area (TPSA) is 97.8 Å². The standard InChI is InChI=1S/C16H18N4O2/c1-8-4-9(2)15-11(7-22-16(15)10(8)3)5-13-18-14(20-19-13)6-12(17)21/h4,7H,5-6H2,1-3H3,(H2,17,21)(H,18,19,20). The van der Waals surface area contributed by atoms with Crippen molar-refractivity contribution in [2.45, 2.75) is 33.6 Å². The molecule has 0 fully saturated rings. The minimum absolute atomic E-state index is 0.0416. The van der Waals surface area contributed by atoms with Gasteiger partial charge < -0.3 is 10.2 Å². The van der Waals surface area contributed by atoms with Gasteiger partial charge in [-0.25, -0.2) is 4.98 Å². The lowest BCUT2D eigenvalue weighted by molar-refractivity contribution is -0.117. The smallest absolute Gasteiger partial charge is 0.225 e. The van der Waals surface area contributed by atoms with Crippen LogP contribution in [0.2, 0.25) is 0 Å². The number of nitrogens with zero attached hydrogens (tertiary/aromatic N) is 2. The number of hydrogen-bond acceptors (Lipinski definition) is 4. The summed E-state index contributed by atoms with van der Waals surface area (Å²) in [6.45, 7) is 6.22. The van der Waals surface area contributed by atoms with Crippen LogP contribution >= 0.6 is 0 Å². The number of H-pyrrole nitrogens is 1. The van der Waals surface area contributed by atoms with Gasteiger partial charge in [0, 0.05) is 17.4 Å². The van der Waals surface area contributed by atoms with Crippen molar-refractivity contribution in [2.24, 2.45) is 5.73 Å². The van der Waals surface area contributed by atoms with Crippen molar-refractivity contribution in [2.75, 3.05) is 0 Å². The summed E-state index contributed by atoms with van der Waals surface area (Å²) in [6, 6.07) is 2.16. The predicted octanol–water partition coefficient (Wildman–Crippen LogP) is 2.09. The molecule has 0 unspecified atom stereocenters. The van der Waals surface area contributed by atoms with Gasteiger partial charge in [-0.15, -0.1) is 0 Å². The van der Waals surface area contributed by atoms with Gasteiger partial charge in [0.1, 0.15) is 11.4 Å². The summed E-state index contributed by atoms with van der Waals surface area (Å²) >= 11 is 0. The molecule has 0 radical (unpaired) electrons. The maximum atomic E-state index is 10.9. The Balaban J connectivity index is 1.96. The molecule has 2 aromatic heterocycles. The summed E-state index contributed by atoms with van der Waals surface area (Å²) in [5.74, 6) is 0.664. The van der Waals surface area contributed by atoms with Crippen LogP contribution in [0.4, 0.5) is 0 Å². The molecule has 0 saturated carbocycles. The van der Waals surface area contributed by atoms with Crippen LogP contribution in [-0.2, 0) is 17.6 Å². The minimum atomic E-state index is -0.443. The molecule has 3 rings (SSSR count). The molecule has 2 heterocycles. The highest BCUT2D eigenvalue weighted by Crippen LogP contribution is 2.30. The van der Waals surface area contributed by atoms with Crippen molar-refractivity contribution in [3.63, 3.8) is 0 Å². The van der Waals surface area contributed by atoms with Crippen molar-refractivity contribution in [1.82, 2.24) is 15.2 Å². The number of carbonyl (C=O) groups excluding carboxylic acids is 1. The zero-order chi connectivity index (χ0) is 15.9. The third-order valence-corrected chi connectivity index (χ3v) is 3.89. The van der Waals surface area contributed by atoms with E-state index in [9.17, 15) is 4.79 Å². The zero-order valence-corrected chi connectivity index (χ0v) is 12.9. The molecule has 0 aliphatic carbocycles. The lowest BCUT2D eigenvalue weighted by Gasteiger charge is -2.05. The molecule has 0 aliphatic heterocycles. The van der Waals surface area contributed by atoms with Crippen LogP contribution in [0.15, 0.2) is 16.7 Å². The van der Waals surface area contributed by atoms with Gasteiger partial charge >= 0.3 is 0 Å². The fourth-order valence-corrected chi connectivity index (χ4v) is 2.75. The number of aromatic amines is 1. The Kier molecular flexibility index (Phi) is 3.44. The first kappa shape index (κ1) is 14.3. The van der Waals surface area contributed by atoms with Crippen LogP contribution < -0.4 is 5.73 Å². The average Bonchev–Trinajstić information content (AvgIpc) is 3.03. The number of furan rings is 1. The summed E-state index contributed by atoms with van der Waals surface area (Å²) < 4.78 is 5.75. The first-order chi connectivity index (χ1) is 10.5. The maximum Gasteiger partial charge on any atom is 0.225 e. The molecule has 0 aliphatic rings. The van der Waals surface area contributed by atoms with Crippen molar-refractivity contribution in [1.29, 1.82) is 0 Å². The third kappa shape index (κ3) is 2.47. The summed E-state index contributed by atoms with van der Waals surface area (Å²) in [6.07, 6.45) is 2.38. The first-order valence-electron chi connectivity index (χ1n) is 7.11. The number of aryl methyl sites for hydroxylation is 3. The summed E-state index contributed by atoms with van der Waals surface area (Å²) in [5.41, 5.74) is 10.7. The van der Waals surface area contributed by atoms with Crippen molar-refractivity contribution < 1.29 is 9.21 Å². The fraction of sp³-hybridized carbons (Fsp3) is 0.312. The van der Waals surface area contributed by atoms with E-state index in [1.54, 1.807) is 6.26 Å². The largest absolute Gasteiger partial charge is 0.464 e. The van der Waals surface area contributed by atoms with E-state index >= 15 is 0 Å². The van der Waals surface area contributed by atoms with Crippen LogP contribution in [0.25, 0.3) is 11.0 Å². The second-order valence-electron chi connectivity index (χ2n) is 5.62. The molecule has 0 saturated heterocycles. The molecular formula is C16H18N4O2. The quantitative estimate of drug-likeness (QED) is 0.770. The van der Waals surface area contributed by atoms with Gasteiger partial charge in [-0.2, -0.15) is 5.10 Å². The predicted molar refractivity (Wildman–Crippen MR) is 82.5 cm³/mol. The molecule has 6 heteroatoms. The molecule has 22 heavy (non-hydrogen) atoms. The molecule has 1 amide bonds. The van der Waals surface area contributed by atoms with Gasteiger partial charge in [-0.3, -0.25) is 9.89 Å². The Morgan fingerprint density at radius 2 is 2.09 bits per heavy atom. The van der Waals surface area contributed by atoms with Gasteiger partial charge in [-0.1, -0.05) is 6.07 Å². The van der Waals surface area contributed by atoms with E-state index in [-0.39, 0.29) is 6.42 Å². The van der Waals surface area contributed by atoms with Gasteiger partial charge in [0.05, 0.1) is 12.7 Å². The number of hydrogen-bond donors (Lipinski definition) is 2. The van der Waals surface area contributed by atoms with Crippen molar-refractivity contribution >= 4 is 16.9 Å². The Bertz CT molecular complexity index is 861. The Labute approximate surface area is 127 Å². The Hall–Kier alpha value is -2.63. The van der Waals surface area contributed by atoms with Gasteiger partial charge in [-0.05, 0) is 37.5 Å². The fourth-order valence-electron chi connectivity index (χ4n) is 2.75. The van der Waals surface area contributed by atoms with E-state index in [0.29, 0.717) is 18.1 Å². The van der Waals surface area contributed by atoms with Crippen LogP contribution in [0.1, 0.15) is 33.9 Å². The average molecular weight is 298 g/mol. The second-order valence-corrected chi connectivity index (χ2v) is 5.62. The molecule has 0 spiro atoms. The Morgan fingerprint density at radius 3 is 2.82 bits per heavy atom. The number of rotatable bonds is 4. The van der Waals surface area contributed by atoms with Gasteiger partial charge in [0.2, 0.25) is 5.91 Å². The summed E-state index contributed by atoms with van der Waals surface area (Å²) in [7, 11) is 0. The molecular weight excluding hydrogens is 280 g/mol. The Morgan fingerprint density at radius 1 is 1.32 bits per heavy atom. The molecule has 1 aromatic carbocycles. The van der Waals surface area contributed by atoms with Gasteiger partial charge in [0.15, 0.2) is 5.82 Å². The number of nitrogens with one attached hydrogen (secondary N) is 1. The number of benzene rings is 1. The van der Waals surface area contributed by atoms with E-state index in [0.717, 1.165) is 22.1 Å². The van der Waals surface area contributed by atoms with Crippen LogP contribution in [0.3, 0.4) is 0 Å². The number of primary amides is 1. The highest BCUT2D eigenvalue weighted by molar-refractivity contribution is 5.88. The van der Waals surface area contributed by atoms with Crippen LogP contribution in [0, 0.1) is 20.8 Å². The van der Waals surface area contributed by atoms with E-state index in [2.05, 4.69) is 42.0 Å². The van der Waals surface area contributed by atoms with E-state index in [4.69, 9.17) is 10.2 Å². The van der Waals surface area contributed by atoms with E-state index in [1.807, 2.05) is 0 Å². The first-order valence-corrected chi connectivity index (χ1v) is 7.11. The molecule has 6 nitrogen and oxygen atoms in total. The summed E-state index contributed by atoms with van der Waals surface area (Å²) in [4.78, 5) is 15.2. The summed E-state index contributed by atoms with van der Waals surface area (Å²) in [5, 5.41) is 7.97. The lowest BCUT2D eigenvalue weighted by Crippen LogP contribution is -2.14. The molecule has 114 valence electrons. The third-order valence-electron chi connectivity index (χ3n) is 3.89. The monoisotopic (exact) mass is 298 g/mol. The highest BCUT2D eigenvalue weighted by atomic mass is 16.3. The number of fused-ring (bicyclic) bond motifs is 1. The van der Waals surface area contributed by atoms with E-state index < -0.39 is 5.91 Å². The SMILES string of the molecule is Cc1cc(C)c2c(Cc3nc(CC(N)=O)n[nH]3)coc2c1C. The normalized spacial score (nSPS) is 11.2. The zero-order valence-electron chi connectivity index (χ0n) is 12.9. The van der Waals surface area contributed by atoms with Crippen molar-refractivity contribution in [3.8, 4) is 0 Å². The van der Waals surface area contributed by atoms with Gasteiger partial charge in [0.25, 0.3) is 0 Å². The molecule has 0 bridgehead atoms. The van der Waals surface area contributed by atoms with E-state index in [1.165, 1.54) is 11.1 Å². The second kappa shape index (κ2) is 5.29. The number of nitrogens with two attached hydrogens (primary N) is 1. The molecule has 0 atom stereocenters. The molecule has 3 aromatic rings. The highest BCUT2D eigenvalue weighted by Gasteiger charge is 2.15. The number of amides is 1. The minimum Gasteiger partial charge on any atom is -0.464 e. The maximum absolute atomic E-state index is 10.9. The number of aromatic nitrogens is 3. The molecule has 3 N–H and O–H groups in total. The number of carbonyl (C=O) groups is 1. The van der Waals surface area contributed by atoms with Crippen LogP contribution in [-0.4, -0.2) is 21.1 Å². The van der Waals surface area contributed by atoms with Crippen LogP contribution in [0.5, 0.6) is 0 Å².